The SMILES string of the molecule is CNS(=O)[O-].COc1ccc(C)cc1N. The van der Waals surface area contributed by atoms with Crippen LogP contribution in [0.5, 0.6) is 5.75 Å². The Morgan fingerprint density at radius 1 is 1.53 bits per heavy atom. The van der Waals surface area contributed by atoms with Crippen molar-refractivity contribution in [1.82, 2.24) is 4.72 Å². The number of nitrogens with one attached hydrogen (secondary N) is 1. The molecule has 0 radical (unpaired) electrons. The predicted octanol–water partition coefficient (Wildman–Crippen LogP) is 0.586. The monoisotopic (exact) mass is 231 g/mol. The maximum Gasteiger partial charge on any atom is 0.141 e. The first-order valence-electron chi connectivity index (χ1n) is 4.18. The van der Waals surface area contributed by atoms with Gasteiger partial charge in [-0.1, -0.05) is 6.07 Å². The zero-order valence-corrected chi connectivity index (χ0v) is 9.76. The Morgan fingerprint density at radius 3 is 2.40 bits per heavy atom. The highest BCUT2D eigenvalue weighted by atomic mass is 32.2. The molecule has 0 saturated heterocycles. The Balaban J connectivity index is 0.000000336. The van der Waals surface area contributed by atoms with Crippen molar-refractivity contribution in [3.05, 3.63) is 23.8 Å². The van der Waals surface area contributed by atoms with Crippen LogP contribution in [0.25, 0.3) is 0 Å². The van der Waals surface area contributed by atoms with E-state index >= 15 is 0 Å². The molecule has 1 rings (SSSR count). The standard InChI is InChI=1S/C8H11NO.CH5NO2S/c1-6-3-4-8(10-2)7(9)5-6;1-2-5(3)4/h3-5H,9H2,1-2H3;2H,1H3,(H,3,4)/p-1. The molecule has 1 aromatic rings. The van der Waals surface area contributed by atoms with Crippen LogP contribution in [0.15, 0.2) is 18.2 Å². The quantitative estimate of drug-likeness (QED) is 0.576. The Kier molecular flexibility index (Phi) is 6.68. The van der Waals surface area contributed by atoms with Crippen LogP contribution in [0.2, 0.25) is 0 Å². The maximum absolute atomic E-state index is 9.26. The van der Waals surface area contributed by atoms with Crippen molar-refractivity contribution in [2.75, 3.05) is 19.9 Å². The Bertz CT molecular complexity index is 331. The summed E-state index contributed by atoms with van der Waals surface area (Å²) in [7, 11) is 2.95. The van der Waals surface area contributed by atoms with Gasteiger partial charge in [-0.25, -0.2) is 0 Å². The number of hydrogen-bond donors (Lipinski definition) is 2. The molecule has 15 heavy (non-hydrogen) atoms. The van der Waals surface area contributed by atoms with Crippen molar-refractivity contribution in [3.8, 4) is 5.75 Å². The molecule has 0 aliphatic heterocycles. The number of nitrogens with two attached hydrogens (primary N) is 1. The normalized spacial score (nSPS) is 11.2. The molecule has 0 amide bonds. The van der Waals surface area contributed by atoms with E-state index in [1.165, 1.54) is 7.05 Å². The second-order valence-electron chi connectivity index (χ2n) is 2.68. The lowest BCUT2D eigenvalue weighted by Gasteiger charge is -2.03. The van der Waals surface area contributed by atoms with Gasteiger partial charge in [0.05, 0.1) is 12.8 Å². The first-order valence-corrected chi connectivity index (χ1v) is 5.25. The smallest absolute Gasteiger partial charge is 0.141 e. The van der Waals surface area contributed by atoms with Gasteiger partial charge in [-0.3, -0.25) is 8.93 Å². The van der Waals surface area contributed by atoms with Gasteiger partial charge in [-0.05, 0) is 31.7 Å². The molecular weight excluding hydrogens is 216 g/mol. The molecule has 1 aromatic carbocycles. The van der Waals surface area contributed by atoms with E-state index in [0.717, 1.165) is 11.3 Å². The Morgan fingerprint density at radius 2 is 2.07 bits per heavy atom. The number of anilines is 1. The van der Waals surface area contributed by atoms with Crippen molar-refractivity contribution < 1.29 is 13.5 Å². The summed E-state index contributed by atoms with van der Waals surface area (Å²) in [6, 6.07) is 5.72. The van der Waals surface area contributed by atoms with E-state index in [1.54, 1.807) is 7.11 Å². The molecule has 6 heteroatoms. The number of aryl methyl sites for hydroxylation is 1. The van der Waals surface area contributed by atoms with Crippen molar-refractivity contribution in [2.45, 2.75) is 6.92 Å². The zero-order valence-electron chi connectivity index (χ0n) is 8.94. The van der Waals surface area contributed by atoms with E-state index in [1.807, 2.05) is 29.8 Å². The van der Waals surface area contributed by atoms with E-state index in [2.05, 4.69) is 0 Å². The molecule has 0 aromatic heterocycles. The van der Waals surface area contributed by atoms with Gasteiger partial charge in [0.15, 0.2) is 0 Å². The first-order chi connectivity index (χ1) is 7.01. The summed E-state index contributed by atoms with van der Waals surface area (Å²) in [6.45, 7) is 2.00. The van der Waals surface area contributed by atoms with E-state index in [0.29, 0.717) is 5.69 Å². The lowest BCUT2D eigenvalue weighted by molar-refractivity contribution is 0.417. The molecular formula is C9H15N2O3S-. The van der Waals surface area contributed by atoms with Gasteiger partial charge < -0.3 is 15.0 Å². The summed E-state index contributed by atoms with van der Waals surface area (Å²) in [5.74, 6) is 0.741. The molecule has 0 aliphatic rings. The molecule has 0 bridgehead atoms. The van der Waals surface area contributed by atoms with Crippen LogP contribution in [0.3, 0.4) is 0 Å². The summed E-state index contributed by atoms with van der Waals surface area (Å²) in [5, 5.41) is 0. The van der Waals surface area contributed by atoms with Crippen molar-refractivity contribution in [1.29, 1.82) is 0 Å². The summed E-state index contributed by atoms with van der Waals surface area (Å²) in [6.07, 6.45) is 0. The second kappa shape index (κ2) is 7.22. The highest BCUT2D eigenvalue weighted by molar-refractivity contribution is 7.77. The fourth-order valence-corrected chi connectivity index (χ4v) is 0.854. The van der Waals surface area contributed by atoms with Crippen LogP contribution in [0, 0.1) is 6.92 Å². The topological polar surface area (TPSA) is 87.4 Å². The van der Waals surface area contributed by atoms with E-state index < -0.39 is 11.3 Å². The minimum absolute atomic E-state index is 0.697. The molecule has 5 nitrogen and oxygen atoms in total. The molecule has 1 atom stereocenters. The van der Waals surface area contributed by atoms with Gasteiger partial charge in [0, 0.05) is 11.3 Å². The van der Waals surface area contributed by atoms with Gasteiger partial charge in [0.2, 0.25) is 0 Å². The fourth-order valence-electron chi connectivity index (χ4n) is 0.854. The number of hydrogen-bond acceptors (Lipinski definition) is 4. The first kappa shape index (κ1) is 13.9. The number of rotatable bonds is 2. The van der Waals surface area contributed by atoms with Crippen LogP contribution in [0.4, 0.5) is 5.69 Å². The average molecular weight is 231 g/mol. The third-order valence-corrected chi connectivity index (χ3v) is 1.89. The summed E-state index contributed by atoms with van der Waals surface area (Å²) >= 11 is -2.07. The van der Waals surface area contributed by atoms with Gasteiger partial charge in [-0.15, -0.1) is 0 Å². The van der Waals surface area contributed by atoms with Crippen LogP contribution < -0.4 is 15.2 Å². The number of ether oxygens (including phenoxy) is 1. The molecule has 0 heterocycles. The van der Waals surface area contributed by atoms with Crippen LogP contribution in [-0.2, 0) is 11.3 Å². The van der Waals surface area contributed by atoms with Gasteiger partial charge in [-0.2, -0.15) is 0 Å². The zero-order chi connectivity index (χ0) is 11.8. The molecule has 0 saturated carbocycles. The number of nitrogen functional groups attached to an aromatic ring is 1. The molecule has 0 fully saturated rings. The Labute approximate surface area is 92.0 Å². The van der Waals surface area contributed by atoms with Gasteiger partial charge >= 0.3 is 0 Å². The Hall–Kier alpha value is -1.11. The number of benzene rings is 1. The minimum atomic E-state index is -2.07. The molecule has 86 valence electrons. The van der Waals surface area contributed by atoms with E-state index in [-0.39, 0.29) is 0 Å². The van der Waals surface area contributed by atoms with Crippen LogP contribution in [0.1, 0.15) is 5.56 Å². The lowest BCUT2D eigenvalue weighted by atomic mass is 10.2. The maximum atomic E-state index is 9.26. The van der Waals surface area contributed by atoms with Crippen molar-refractivity contribution in [3.63, 3.8) is 0 Å². The lowest BCUT2D eigenvalue weighted by Crippen LogP contribution is -2.07. The highest BCUT2D eigenvalue weighted by Crippen LogP contribution is 2.20. The third kappa shape index (κ3) is 6.05. The van der Waals surface area contributed by atoms with Crippen LogP contribution >= 0.6 is 0 Å². The van der Waals surface area contributed by atoms with E-state index in [9.17, 15) is 8.76 Å². The summed E-state index contributed by atoms with van der Waals surface area (Å²) < 4.78 is 25.4. The predicted molar refractivity (Wildman–Crippen MR) is 60.1 cm³/mol. The molecule has 1 unspecified atom stereocenters. The van der Waals surface area contributed by atoms with Gasteiger partial charge in [0.25, 0.3) is 0 Å². The third-order valence-electron chi connectivity index (χ3n) is 1.55. The minimum Gasteiger partial charge on any atom is -0.760 e. The van der Waals surface area contributed by atoms with Crippen molar-refractivity contribution >= 4 is 17.0 Å². The molecule has 0 spiro atoms. The fraction of sp³-hybridized carbons (Fsp3) is 0.333. The second-order valence-corrected chi connectivity index (χ2v) is 3.56. The largest absolute Gasteiger partial charge is 0.760 e. The van der Waals surface area contributed by atoms with Crippen molar-refractivity contribution in [2.24, 2.45) is 0 Å². The summed E-state index contributed by atoms with van der Waals surface area (Å²) in [5.41, 5.74) is 7.45. The highest BCUT2D eigenvalue weighted by Gasteiger charge is 1.95. The summed E-state index contributed by atoms with van der Waals surface area (Å²) in [4.78, 5) is 0. The molecule has 3 N–H and O–H groups in total. The van der Waals surface area contributed by atoms with E-state index in [4.69, 9.17) is 10.5 Å². The van der Waals surface area contributed by atoms with Gasteiger partial charge in [0.1, 0.15) is 5.75 Å². The number of methoxy groups -OCH3 is 1. The van der Waals surface area contributed by atoms with Crippen LogP contribution in [-0.4, -0.2) is 22.9 Å². The molecule has 0 aliphatic carbocycles. The average Bonchev–Trinajstić information content (AvgIpc) is 2.19.